The number of benzene rings is 3. The Hall–Kier alpha value is -6.79. The molecular formula is C52H61N11O7. The maximum Gasteiger partial charge on any atom is 0.320 e. The van der Waals surface area contributed by atoms with Crippen LogP contribution in [0, 0.1) is 5.92 Å². The molecule has 8 heterocycles. The number of imide groups is 2. The van der Waals surface area contributed by atoms with E-state index in [1.54, 1.807) is 12.1 Å². The number of likely N-dealkylation sites (tertiary alicyclic amines) is 2. The number of nitrogens with zero attached hydrogens (tertiary/aromatic N) is 8. The van der Waals surface area contributed by atoms with E-state index in [4.69, 9.17) is 15.6 Å². The van der Waals surface area contributed by atoms with Crippen LogP contribution in [-0.4, -0.2) is 160 Å². The van der Waals surface area contributed by atoms with Gasteiger partial charge in [-0.05, 0) is 125 Å². The number of para-hydroxylation sites is 1. The van der Waals surface area contributed by atoms with Crippen LogP contribution in [0.25, 0.3) is 11.3 Å². The van der Waals surface area contributed by atoms with Crippen LogP contribution < -0.4 is 26.0 Å². The average Bonchev–Trinajstić information content (AvgIpc) is 3.91. The second kappa shape index (κ2) is 19.2. The number of aromatic nitrogens is 2. The number of nitrogens with two attached hydrogens (primary N) is 1. The largest absolute Gasteiger partial charge is 0.457 e. The van der Waals surface area contributed by atoms with Crippen molar-refractivity contribution in [2.45, 2.75) is 82.0 Å². The van der Waals surface area contributed by atoms with E-state index in [-0.39, 0.29) is 30.5 Å². The van der Waals surface area contributed by atoms with Gasteiger partial charge in [0, 0.05) is 88.7 Å². The van der Waals surface area contributed by atoms with Crippen LogP contribution in [0.15, 0.2) is 72.8 Å². The molecule has 2 unspecified atom stereocenters. The van der Waals surface area contributed by atoms with E-state index in [9.17, 15) is 28.8 Å². The smallest absolute Gasteiger partial charge is 0.320 e. The normalized spacial score (nSPS) is 23.3. The molecule has 70 heavy (non-hydrogen) atoms. The Kier molecular flexibility index (Phi) is 12.5. The quantitative estimate of drug-likeness (QED) is 0.195. The molecule has 4 aromatic rings. The van der Waals surface area contributed by atoms with Gasteiger partial charge in [-0.1, -0.05) is 18.2 Å². The molecule has 4 N–H and O–H groups in total. The molecule has 18 nitrogen and oxygen atoms in total. The minimum atomic E-state index is -0.983. The van der Waals surface area contributed by atoms with Crippen LogP contribution >= 0.6 is 0 Å². The Morgan fingerprint density at radius 2 is 1.30 bits per heavy atom. The Morgan fingerprint density at radius 1 is 0.657 bits per heavy atom. The van der Waals surface area contributed by atoms with Gasteiger partial charge in [0.1, 0.15) is 34.6 Å². The number of fused-ring (bicyclic) bond motifs is 2. The molecule has 0 saturated carbocycles. The molecular weight excluding hydrogens is 891 g/mol. The number of primary amides is 1. The SMILES string of the molecule is NC(=O)c1c(-c2ccc(Oc3ccccc3)cc2)nn2c1NCCC2C1CCN(C2CCN(C(=O)N3CCN(C4CCN(c5ccc6c(c5)C(=O)N(C5CCC(=O)NC5=O)C6=O)CC4)CC3)CC2)CC1. The van der Waals surface area contributed by atoms with Gasteiger partial charge in [0.25, 0.3) is 17.7 Å². The second-order valence-corrected chi connectivity index (χ2v) is 19.9. The summed E-state index contributed by atoms with van der Waals surface area (Å²) in [7, 11) is 0. The van der Waals surface area contributed by atoms with Crippen molar-refractivity contribution in [2.24, 2.45) is 11.7 Å². The summed E-state index contributed by atoms with van der Waals surface area (Å²) in [5.74, 6) is 0.0932. The van der Waals surface area contributed by atoms with E-state index in [0.29, 0.717) is 59.5 Å². The first kappa shape index (κ1) is 45.6. The highest BCUT2D eigenvalue weighted by Crippen LogP contribution is 2.41. The van der Waals surface area contributed by atoms with Gasteiger partial charge in [0.05, 0.1) is 17.2 Å². The van der Waals surface area contributed by atoms with Crippen molar-refractivity contribution in [3.63, 3.8) is 0 Å². The van der Waals surface area contributed by atoms with Gasteiger partial charge in [0.2, 0.25) is 11.8 Å². The highest BCUT2D eigenvalue weighted by atomic mass is 16.5. The summed E-state index contributed by atoms with van der Waals surface area (Å²) in [6, 6.07) is 22.8. The van der Waals surface area contributed by atoms with Gasteiger partial charge >= 0.3 is 6.03 Å². The summed E-state index contributed by atoms with van der Waals surface area (Å²) in [6.07, 6.45) is 7.08. The summed E-state index contributed by atoms with van der Waals surface area (Å²) in [5, 5.41) is 10.8. The summed E-state index contributed by atoms with van der Waals surface area (Å²) < 4.78 is 8.04. The standard InChI is InChI=1S/C52H61N11O7/c53-47(65)45-46(34-6-9-39(10-7-34)70-38-4-2-1-3-5-38)56-63-42(14-21-54-48(45)63)33-15-22-57(23-16-33)35-19-26-60(27-20-35)52(69)61-30-28-59(29-31-61)36-17-24-58(25-18-36)37-8-11-40-41(32-37)51(68)62(50(40)67)43-12-13-44(64)55-49(43)66/h1-11,32-33,35-36,42-43,54H,12-31H2,(H2,53,65)(H,55,64,66). The van der Waals surface area contributed by atoms with Crippen LogP contribution in [0.3, 0.4) is 0 Å². The molecule has 0 spiro atoms. The number of anilines is 2. The first-order chi connectivity index (χ1) is 34.1. The third kappa shape index (κ3) is 8.75. The first-order valence-electron chi connectivity index (χ1n) is 25.2. The lowest BCUT2D eigenvalue weighted by atomic mass is 9.85. The number of nitrogens with one attached hydrogen (secondary N) is 2. The minimum absolute atomic E-state index is 0.0858. The van der Waals surface area contributed by atoms with E-state index < -0.39 is 35.6 Å². The number of carbonyl (C=O) groups is 6. The lowest BCUT2D eigenvalue weighted by molar-refractivity contribution is -0.136. The van der Waals surface area contributed by atoms with Gasteiger partial charge in [-0.25, -0.2) is 9.48 Å². The van der Waals surface area contributed by atoms with Crippen LogP contribution in [0.4, 0.5) is 16.3 Å². The van der Waals surface area contributed by atoms with Gasteiger partial charge in [-0.3, -0.25) is 39.1 Å². The van der Waals surface area contributed by atoms with Crippen molar-refractivity contribution < 1.29 is 33.5 Å². The average molecular weight is 952 g/mol. The monoisotopic (exact) mass is 951 g/mol. The molecule has 5 fully saturated rings. The Morgan fingerprint density at radius 3 is 1.99 bits per heavy atom. The molecule has 0 radical (unpaired) electrons. The maximum atomic E-state index is 13.8. The van der Waals surface area contributed by atoms with E-state index in [2.05, 4.69) is 30.2 Å². The molecule has 7 aliphatic heterocycles. The van der Waals surface area contributed by atoms with Gasteiger partial charge in [0.15, 0.2) is 0 Å². The van der Waals surface area contributed by atoms with Gasteiger partial charge in [-0.2, -0.15) is 5.10 Å². The molecule has 7 aliphatic rings. The van der Waals surface area contributed by atoms with Crippen LogP contribution in [0.2, 0.25) is 0 Å². The number of hydrogen-bond acceptors (Lipinski definition) is 12. The van der Waals surface area contributed by atoms with E-state index in [0.717, 1.165) is 126 Å². The zero-order valence-electron chi connectivity index (χ0n) is 39.5. The Balaban J connectivity index is 0.627. The number of piperazine rings is 1. The lowest BCUT2D eigenvalue weighted by Gasteiger charge is -2.46. The number of hydrogen-bond donors (Lipinski definition) is 3. The van der Waals surface area contributed by atoms with E-state index in [1.807, 2.05) is 70.2 Å². The topological polar surface area (TPSA) is 199 Å². The molecule has 2 atom stereocenters. The van der Waals surface area contributed by atoms with Crippen LogP contribution in [0.5, 0.6) is 11.5 Å². The predicted octanol–water partition coefficient (Wildman–Crippen LogP) is 4.78. The summed E-state index contributed by atoms with van der Waals surface area (Å²) >= 11 is 0. The molecule has 5 saturated heterocycles. The number of ether oxygens (including phenoxy) is 1. The van der Waals surface area contributed by atoms with Crippen LogP contribution in [0.1, 0.15) is 94.9 Å². The Labute approximate surface area is 407 Å². The molecule has 366 valence electrons. The van der Waals surface area contributed by atoms with Crippen molar-refractivity contribution >= 4 is 47.1 Å². The lowest BCUT2D eigenvalue weighted by Crippen LogP contribution is -2.58. The van der Waals surface area contributed by atoms with Gasteiger partial charge < -0.3 is 35.4 Å². The Bertz CT molecular complexity index is 2660. The third-order valence-corrected chi connectivity index (χ3v) is 16.0. The van der Waals surface area contributed by atoms with E-state index >= 15 is 0 Å². The third-order valence-electron chi connectivity index (χ3n) is 16.0. The number of rotatable bonds is 9. The summed E-state index contributed by atoms with van der Waals surface area (Å²) in [6.45, 7) is 9.01. The fourth-order valence-corrected chi connectivity index (χ4v) is 12.2. The van der Waals surface area contributed by atoms with Crippen molar-refractivity contribution in [1.29, 1.82) is 0 Å². The van der Waals surface area contributed by atoms with Crippen molar-refractivity contribution in [3.05, 3.63) is 89.5 Å². The second-order valence-electron chi connectivity index (χ2n) is 19.9. The molecule has 0 aliphatic carbocycles. The molecule has 1 aromatic heterocycles. The number of amides is 7. The van der Waals surface area contributed by atoms with Crippen molar-refractivity contribution in [1.82, 2.24) is 39.6 Å². The first-order valence-corrected chi connectivity index (χ1v) is 25.2. The minimum Gasteiger partial charge on any atom is -0.457 e. The molecule has 11 rings (SSSR count). The predicted molar refractivity (Wildman–Crippen MR) is 261 cm³/mol. The molecule has 7 amide bonds. The number of piperidine rings is 4. The number of carbonyl (C=O) groups excluding carboxylic acids is 6. The maximum absolute atomic E-state index is 13.8. The van der Waals surface area contributed by atoms with E-state index in [1.165, 1.54) is 0 Å². The highest BCUT2D eigenvalue weighted by Gasteiger charge is 2.45. The van der Waals surface area contributed by atoms with Crippen molar-refractivity contribution in [2.75, 3.05) is 82.2 Å². The summed E-state index contributed by atoms with van der Waals surface area (Å²) in [5.41, 5.74) is 9.31. The fourth-order valence-electron chi connectivity index (χ4n) is 12.2. The zero-order chi connectivity index (χ0) is 48.0. The van der Waals surface area contributed by atoms with Gasteiger partial charge in [-0.15, -0.1) is 0 Å². The fraction of sp³-hybridized carbons (Fsp3) is 0.481. The zero-order valence-corrected chi connectivity index (χ0v) is 39.5. The number of urea groups is 1. The molecule has 3 aromatic carbocycles. The summed E-state index contributed by atoms with van der Waals surface area (Å²) in [4.78, 5) is 90.1. The van der Waals surface area contributed by atoms with Crippen molar-refractivity contribution in [3.8, 4) is 22.8 Å². The van der Waals surface area contributed by atoms with Crippen LogP contribution in [-0.2, 0) is 9.59 Å². The molecule has 0 bridgehead atoms. The highest BCUT2D eigenvalue weighted by molar-refractivity contribution is 6.23. The molecule has 18 heteroatoms.